The fraction of sp³-hybridized carbons (Fsp3) is 0.889. The van der Waals surface area contributed by atoms with Crippen molar-refractivity contribution in [2.75, 3.05) is 33.0 Å². The van der Waals surface area contributed by atoms with Crippen molar-refractivity contribution in [3.8, 4) is 0 Å². The Morgan fingerprint density at radius 3 is 2.71 bits per heavy atom. The molecule has 0 aliphatic carbocycles. The summed E-state index contributed by atoms with van der Waals surface area (Å²) in [6.07, 6.45) is 1.79. The van der Waals surface area contributed by atoms with Crippen LogP contribution >= 0.6 is 0 Å². The Morgan fingerprint density at radius 1 is 1.47 bits per heavy atom. The monoisotopic (exact) mass is 265 g/mol. The summed E-state index contributed by atoms with van der Waals surface area (Å²) in [6.45, 7) is 1.14. The largest absolute Gasteiger partial charge is 0.380 e. The number of hydrogen-bond acceptors (Lipinski definition) is 5. The molecule has 3 N–H and O–H groups in total. The van der Waals surface area contributed by atoms with Gasteiger partial charge in [-0.2, -0.15) is 0 Å². The summed E-state index contributed by atoms with van der Waals surface area (Å²) in [5.74, 6) is -0.125. The second kappa shape index (κ2) is 6.29. The lowest BCUT2D eigenvalue weighted by molar-refractivity contribution is -0.122. The van der Waals surface area contributed by atoms with Crippen molar-refractivity contribution in [2.24, 2.45) is 0 Å². The molecule has 1 fully saturated rings. The lowest BCUT2D eigenvalue weighted by atomic mass is 10.2. The van der Waals surface area contributed by atoms with Crippen molar-refractivity contribution in [1.29, 1.82) is 0 Å². The first-order chi connectivity index (χ1) is 7.92. The molecule has 8 heteroatoms. The molecule has 7 nitrogen and oxygen atoms in total. The molecule has 0 aromatic carbocycles. The molecule has 1 saturated heterocycles. The Balaban J connectivity index is 2.18. The smallest absolute Gasteiger partial charge is 0.237 e. The van der Waals surface area contributed by atoms with Gasteiger partial charge in [-0.3, -0.25) is 4.79 Å². The average Bonchev–Trinajstić information content (AvgIpc) is 2.71. The minimum absolute atomic E-state index is 0.0693. The van der Waals surface area contributed by atoms with Crippen molar-refractivity contribution in [2.45, 2.75) is 18.6 Å². The number of amides is 1. The van der Waals surface area contributed by atoms with Crippen LogP contribution in [0.2, 0.25) is 0 Å². The first kappa shape index (κ1) is 14.4. The zero-order valence-corrected chi connectivity index (χ0v) is 10.8. The van der Waals surface area contributed by atoms with Gasteiger partial charge in [0.05, 0.1) is 18.4 Å². The van der Waals surface area contributed by atoms with Gasteiger partial charge in [0, 0.05) is 26.7 Å². The van der Waals surface area contributed by atoms with E-state index in [0.29, 0.717) is 13.0 Å². The van der Waals surface area contributed by atoms with Crippen LogP contribution in [0.15, 0.2) is 0 Å². The molecule has 0 spiro atoms. The Morgan fingerprint density at radius 2 is 2.18 bits per heavy atom. The molecule has 1 aliphatic heterocycles. The topological polar surface area (TPSA) is 96.5 Å². The number of ether oxygens (including phenoxy) is 1. The summed E-state index contributed by atoms with van der Waals surface area (Å²) in [5, 5.41) is 5.70. The Labute approximate surface area is 101 Å². The fourth-order valence-corrected chi connectivity index (χ4v) is 2.10. The maximum atomic E-state index is 11.6. The van der Waals surface area contributed by atoms with Crippen LogP contribution in [0, 0.1) is 0 Å². The van der Waals surface area contributed by atoms with Gasteiger partial charge in [0.1, 0.15) is 0 Å². The van der Waals surface area contributed by atoms with Crippen molar-refractivity contribution in [1.82, 2.24) is 15.4 Å². The van der Waals surface area contributed by atoms with E-state index in [-0.39, 0.29) is 31.1 Å². The minimum Gasteiger partial charge on any atom is -0.380 e. The molecule has 0 bridgehead atoms. The van der Waals surface area contributed by atoms with Crippen molar-refractivity contribution >= 4 is 15.9 Å². The third kappa shape index (κ3) is 5.44. The van der Waals surface area contributed by atoms with E-state index in [4.69, 9.17) is 4.74 Å². The van der Waals surface area contributed by atoms with Crippen LogP contribution in [0.1, 0.15) is 6.42 Å². The first-order valence-electron chi connectivity index (χ1n) is 5.41. The highest BCUT2D eigenvalue weighted by Crippen LogP contribution is 2.08. The number of nitrogens with one attached hydrogen (secondary N) is 3. The van der Waals surface area contributed by atoms with Gasteiger partial charge in [-0.15, -0.1) is 0 Å². The quantitative estimate of drug-likeness (QED) is 0.484. The molecule has 0 aromatic rings. The molecule has 2 unspecified atom stereocenters. The van der Waals surface area contributed by atoms with E-state index >= 15 is 0 Å². The van der Waals surface area contributed by atoms with Gasteiger partial charge in [-0.05, 0) is 6.42 Å². The highest BCUT2D eigenvalue weighted by Gasteiger charge is 2.28. The highest BCUT2D eigenvalue weighted by molar-refractivity contribution is 7.88. The standard InChI is InChI=1S/C9H19N3O4S/c1-16-7-5-8(11-6-7)9(13)10-3-4-12-17(2,14)15/h7-8,11-12H,3-6H2,1-2H3,(H,10,13). The minimum atomic E-state index is -3.19. The zero-order chi connectivity index (χ0) is 12.9. The van der Waals surface area contributed by atoms with E-state index in [1.165, 1.54) is 0 Å². The van der Waals surface area contributed by atoms with Crippen LogP contribution in [0.4, 0.5) is 0 Å². The maximum Gasteiger partial charge on any atom is 0.237 e. The normalized spacial score (nSPS) is 24.8. The predicted molar refractivity (Wildman–Crippen MR) is 63.1 cm³/mol. The van der Waals surface area contributed by atoms with Crippen LogP contribution in [0.25, 0.3) is 0 Å². The number of carbonyl (C=O) groups excluding carboxylic acids is 1. The molecule has 1 heterocycles. The lowest BCUT2D eigenvalue weighted by Crippen LogP contribution is -2.43. The summed E-state index contributed by atoms with van der Waals surface area (Å²) in [6, 6.07) is -0.252. The van der Waals surface area contributed by atoms with Crippen molar-refractivity contribution < 1.29 is 17.9 Å². The van der Waals surface area contributed by atoms with E-state index < -0.39 is 10.0 Å². The summed E-state index contributed by atoms with van der Waals surface area (Å²) < 4.78 is 29.0. The molecule has 0 saturated carbocycles. The molecule has 1 aliphatic rings. The van der Waals surface area contributed by atoms with Gasteiger partial charge in [-0.1, -0.05) is 0 Å². The molecular formula is C9H19N3O4S. The summed E-state index contributed by atoms with van der Waals surface area (Å²) in [5.41, 5.74) is 0. The second-order valence-electron chi connectivity index (χ2n) is 4.01. The Bertz CT molecular complexity index is 357. The summed E-state index contributed by atoms with van der Waals surface area (Å²) in [7, 11) is -1.58. The molecule has 1 amide bonds. The Hall–Kier alpha value is -0.700. The van der Waals surface area contributed by atoms with Crippen molar-refractivity contribution in [3.05, 3.63) is 0 Å². The van der Waals surface area contributed by atoms with E-state index in [2.05, 4.69) is 15.4 Å². The van der Waals surface area contributed by atoms with Gasteiger partial charge in [0.15, 0.2) is 0 Å². The van der Waals surface area contributed by atoms with Gasteiger partial charge >= 0.3 is 0 Å². The summed E-state index contributed by atoms with van der Waals surface area (Å²) in [4.78, 5) is 11.6. The van der Waals surface area contributed by atoms with Crippen LogP contribution in [0.5, 0.6) is 0 Å². The number of sulfonamides is 1. The molecule has 1 rings (SSSR count). The van der Waals surface area contributed by atoms with Gasteiger partial charge in [0.25, 0.3) is 0 Å². The molecule has 17 heavy (non-hydrogen) atoms. The van der Waals surface area contributed by atoms with E-state index in [0.717, 1.165) is 6.26 Å². The van der Waals surface area contributed by atoms with Crippen LogP contribution in [-0.4, -0.2) is 59.5 Å². The third-order valence-corrected chi connectivity index (χ3v) is 3.26. The van der Waals surface area contributed by atoms with Crippen LogP contribution in [-0.2, 0) is 19.6 Å². The number of methoxy groups -OCH3 is 1. The summed E-state index contributed by atoms with van der Waals surface area (Å²) >= 11 is 0. The molecule has 0 aromatic heterocycles. The van der Waals surface area contributed by atoms with E-state index in [1.807, 2.05) is 0 Å². The molecule has 100 valence electrons. The molecule has 2 atom stereocenters. The number of hydrogen-bond donors (Lipinski definition) is 3. The third-order valence-electron chi connectivity index (χ3n) is 2.53. The van der Waals surface area contributed by atoms with Crippen molar-refractivity contribution in [3.63, 3.8) is 0 Å². The second-order valence-corrected chi connectivity index (χ2v) is 5.84. The predicted octanol–water partition coefficient (Wildman–Crippen LogP) is -1.97. The fourth-order valence-electron chi connectivity index (χ4n) is 1.63. The van der Waals surface area contributed by atoms with E-state index in [9.17, 15) is 13.2 Å². The van der Waals surface area contributed by atoms with Gasteiger partial charge in [0.2, 0.25) is 15.9 Å². The zero-order valence-electron chi connectivity index (χ0n) is 10.0. The van der Waals surface area contributed by atoms with Crippen LogP contribution < -0.4 is 15.4 Å². The van der Waals surface area contributed by atoms with Crippen LogP contribution in [0.3, 0.4) is 0 Å². The van der Waals surface area contributed by atoms with Gasteiger partial charge in [-0.25, -0.2) is 13.1 Å². The van der Waals surface area contributed by atoms with Gasteiger partial charge < -0.3 is 15.4 Å². The van der Waals surface area contributed by atoms with E-state index in [1.54, 1.807) is 7.11 Å². The SMILES string of the molecule is COC1CNC(C(=O)NCCNS(C)(=O)=O)C1. The molecule has 0 radical (unpaired) electrons. The Kier molecular flexibility index (Phi) is 5.31. The lowest BCUT2D eigenvalue weighted by Gasteiger charge is -2.11. The average molecular weight is 265 g/mol. The maximum absolute atomic E-state index is 11.6. The highest BCUT2D eigenvalue weighted by atomic mass is 32.2. The first-order valence-corrected chi connectivity index (χ1v) is 7.30. The number of rotatable bonds is 6. The number of carbonyl (C=O) groups is 1. The molecular weight excluding hydrogens is 246 g/mol.